The summed E-state index contributed by atoms with van der Waals surface area (Å²) >= 11 is 0. The molecule has 0 radical (unpaired) electrons. The van der Waals surface area contributed by atoms with E-state index in [9.17, 15) is 9.90 Å². The maximum absolute atomic E-state index is 11.2. The first-order valence-electron chi connectivity index (χ1n) is 8.19. The van der Waals surface area contributed by atoms with Crippen LogP contribution in [0.5, 0.6) is 5.75 Å². The van der Waals surface area contributed by atoms with Crippen LogP contribution in [0, 0.1) is 11.8 Å². The molecule has 0 aliphatic carbocycles. The molecule has 2 rings (SSSR count). The zero-order valence-corrected chi connectivity index (χ0v) is 13.8. The monoisotopic (exact) mass is 306 g/mol. The molecule has 1 aromatic rings. The molecule has 3 atom stereocenters. The highest BCUT2D eigenvalue weighted by Gasteiger charge is 2.26. The van der Waals surface area contributed by atoms with Crippen molar-refractivity contribution in [3.8, 4) is 5.75 Å². The van der Waals surface area contributed by atoms with Crippen molar-refractivity contribution < 1.29 is 19.5 Å². The average Bonchev–Trinajstić information content (AvgIpc) is 2.44. The van der Waals surface area contributed by atoms with E-state index in [1.165, 1.54) is 11.3 Å². The van der Waals surface area contributed by atoms with Crippen LogP contribution in [0.25, 0.3) is 0 Å². The lowest BCUT2D eigenvalue weighted by molar-refractivity contribution is -0.915. The smallest absolute Gasteiger partial charge is 0.159 e. The third kappa shape index (κ3) is 5.11. The number of likely N-dealkylation sites (tertiary alicyclic amines) is 1. The van der Waals surface area contributed by atoms with Gasteiger partial charge in [0, 0.05) is 17.4 Å². The number of benzene rings is 1. The number of ketones is 1. The minimum absolute atomic E-state index is 0.0449. The predicted octanol–water partition coefficient (Wildman–Crippen LogP) is 1.19. The van der Waals surface area contributed by atoms with E-state index in [1.807, 2.05) is 0 Å². The van der Waals surface area contributed by atoms with Crippen molar-refractivity contribution >= 4 is 5.78 Å². The van der Waals surface area contributed by atoms with Gasteiger partial charge in [0.1, 0.15) is 25.0 Å². The fourth-order valence-electron chi connectivity index (χ4n) is 3.46. The summed E-state index contributed by atoms with van der Waals surface area (Å²) in [6, 6.07) is 7.06. The van der Waals surface area contributed by atoms with Gasteiger partial charge in [0.15, 0.2) is 5.78 Å². The van der Waals surface area contributed by atoms with Crippen molar-refractivity contribution in [1.82, 2.24) is 0 Å². The van der Waals surface area contributed by atoms with E-state index in [2.05, 4.69) is 13.8 Å². The van der Waals surface area contributed by atoms with Gasteiger partial charge < -0.3 is 14.7 Å². The summed E-state index contributed by atoms with van der Waals surface area (Å²) in [6.07, 6.45) is 0.832. The highest BCUT2D eigenvalue weighted by atomic mass is 16.5. The summed E-state index contributed by atoms with van der Waals surface area (Å²) in [5, 5.41) is 10.2. The molecule has 1 aliphatic heterocycles. The second kappa shape index (κ2) is 7.75. The zero-order chi connectivity index (χ0) is 16.1. The van der Waals surface area contributed by atoms with E-state index in [0.717, 1.165) is 31.5 Å². The summed E-state index contributed by atoms with van der Waals surface area (Å²) in [5.74, 6) is 2.19. The van der Waals surface area contributed by atoms with E-state index in [0.29, 0.717) is 17.9 Å². The fourth-order valence-corrected chi connectivity index (χ4v) is 3.46. The molecule has 4 nitrogen and oxygen atoms in total. The first-order chi connectivity index (χ1) is 10.4. The Morgan fingerprint density at radius 2 is 1.86 bits per heavy atom. The summed E-state index contributed by atoms with van der Waals surface area (Å²) in [4.78, 5) is 12.7. The second-order valence-electron chi connectivity index (χ2n) is 6.85. The average molecular weight is 306 g/mol. The summed E-state index contributed by atoms with van der Waals surface area (Å²) in [6.45, 7) is 9.42. The lowest BCUT2D eigenvalue weighted by Gasteiger charge is -2.33. The third-order valence-corrected chi connectivity index (χ3v) is 4.31. The Hall–Kier alpha value is -1.39. The third-order valence-electron chi connectivity index (χ3n) is 4.31. The molecule has 0 bridgehead atoms. The van der Waals surface area contributed by atoms with Crippen LogP contribution < -0.4 is 9.64 Å². The Kier molecular flexibility index (Phi) is 5.98. The van der Waals surface area contributed by atoms with Gasteiger partial charge in [-0.25, -0.2) is 0 Å². The Balaban J connectivity index is 1.77. The molecule has 1 fully saturated rings. The summed E-state index contributed by atoms with van der Waals surface area (Å²) in [7, 11) is 0. The number of aliphatic hydroxyl groups excluding tert-OH is 1. The van der Waals surface area contributed by atoms with Gasteiger partial charge in [-0.15, -0.1) is 0 Å². The molecule has 0 aromatic heterocycles. The molecule has 1 aliphatic rings. The van der Waals surface area contributed by atoms with E-state index >= 15 is 0 Å². The number of rotatable bonds is 6. The number of carbonyl (C=O) groups is 1. The standard InChI is InChI=1S/C18H27NO3/c1-13-8-14(2)10-19(9-13)11-17(21)12-22-18-6-4-16(5-7-18)15(3)20/h4-7,13-14,17,21H,8-12H2,1-3H3/p+1/t13-,14-,17+/m1/s1. The van der Waals surface area contributed by atoms with Crippen LogP contribution in [0.15, 0.2) is 24.3 Å². The Labute approximate surface area is 133 Å². The number of ether oxygens (including phenoxy) is 1. The number of quaternary nitrogens is 1. The number of piperidine rings is 1. The fraction of sp³-hybridized carbons (Fsp3) is 0.611. The SMILES string of the molecule is CC(=O)c1ccc(OC[C@@H](O)C[NH+]2C[C@H](C)C[C@@H](C)C2)cc1. The largest absolute Gasteiger partial charge is 0.491 e. The minimum Gasteiger partial charge on any atom is -0.491 e. The number of hydrogen-bond acceptors (Lipinski definition) is 3. The van der Waals surface area contributed by atoms with E-state index in [1.54, 1.807) is 31.2 Å². The van der Waals surface area contributed by atoms with Crippen LogP contribution in [0.3, 0.4) is 0 Å². The Bertz CT molecular complexity index is 476. The molecule has 4 heteroatoms. The number of Topliss-reactive ketones (excluding diaryl/α,β-unsaturated/α-hetero) is 1. The van der Waals surface area contributed by atoms with Gasteiger partial charge >= 0.3 is 0 Å². The van der Waals surface area contributed by atoms with Gasteiger partial charge in [-0.2, -0.15) is 0 Å². The Morgan fingerprint density at radius 3 is 2.41 bits per heavy atom. The van der Waals surface area contributed by atoms with Gasteiger partial charge in [-0.3, -0.25) is 4.79 Å². The van der Waals surface area contributed by atoms with E-state index in [4.69, 9.17) is 4.74 Å². The maximum Gasteiger partial charge on any atom is 0.159 e. The molecule has 0 saturated carbocycles. The van der Waals surface area contributed by atoms with Gasteiger partial charge in [-0.1, -0.05) is 13.8 Å². The number of hydrogen-bond donors (Lipinski definition) is 2. The predicted molar refractivity (Wildman–Crippen MR) is 86.5 cm³/mol. The number of nitrogens with one attached hydrogen (secondary N) is 1. The van der Waals surface area contributed by atoms with Crippen molar-refractivity contribution in [3.05, 3.63) is 29.8 Å². The van der Waals surface area contributed by atoms with Crippen LogP contribution in [0.4, 0.5) is 0 Å². The minimum atomic E-state index is -0.458. The number of aliphatic hydroxyl groups is 1. The second-order valence-corrected chi connectivity index (χ2v) is 6.85. The van der Waals surface area contributed by atoms with Crippen molar-refractivity contribution in [2.45, 2.75) is 33.3 Å². The van der Waals surface area contributed by atoms with Crippen molar-refractivity contribution in [2.75, 3.05) is 26.2 Å². The lowest BCUT2D eigenvalue weighted by Crippen LogP contribution is -3.15. The quantitative estimate of drug-likeness (QED) is 0.776. The van der Waals surface area contributed by atoms with Crippen molar-refractivity contribution in [1.29, 1.82) is 0 Å². The molecule has 122 valence electrons. The molecule has 0 amide bonds. The highest BCUT2D eigenvalue weighted by Crippen LogP contribution is 2.13. The molecule has 0 spiro atoms. The number of carbonyl (C=O) groups excluding carboxylic acids is 1. The topological polar surface area (TPSA) is 51.0 Å². The van der Waals surface area contributed by atoms with Crippen LogP contribution in [-0.2, 0) is 0 Å². The first kappa shape index (κ1) is 17.0. The van der Waals surface area contributed by atoms with Gasteiger partial charge in [0.05, 0.1) is 13.1 Å². The van der Waals surface area contributed by atoms with Crippen LogP contribution >= 0.6 is 0 Å². The maximum atomic E-state index is 11.2. The zero-order valence-electron chi connectivity index (χ0n) is 13.8. The molecule has 2 N–H and O–H groups in total. The van der Waals surface area contributed by atoms with Crippen molar-refractivity contribution in [2.24, 2.45) is 11.8 Å². The van der Waals surface area contributed by atoms with Gasteiger partial charge in [0.25, 0.3) is 0 Å². The molecular formula is C18H28NO3+. The van der Waals surface area contributed by atoms with Crippen molar-refractivity contribution in [3.63, 3.8) is 0 Å². The molecular weight excluding hydrogens is 278 g/mol. The van der Waals surface area contributed by atoms with E-state index in [-0.39, 0.29) is 5.78 Å². The molecule has 1 heterocycles. The Morgan fingerprint density at radius 1 is 1.27 bits per heavy atom. The summed E-state index contributed by atoms with van der Waals surface area (Å²) in [5.41, 5.74) is 0.675. The first-order valence-corrected chi connectivity index (χ1v) is 8.19. The lowest BCUT2D eigenvalue weighted by atomic mass is 9.92. The molecule has 1 saturated heterocycles. The molecule has 0 unspecified atom stereocenters. The van der Waals surface area contributed by atoms with Crippen LogP contribution in [0.1, 0.15) is 37.6 Å². The van der Waals surface area contributed by atoms with E-state index < -0.39 is 6.10 Å². The summed E-state index contributed by atoms with van der Waals surface area (Å²) < 4.78 is 5.62. The normalized spacial score (nSPS) is 26.5. The highest BCUT2D eigenvalue weighted by molar-refractivity contribution is 5.94. The molecule has 22 heavy (non-hydrogen) atoms. The van der Waals surface area contributed by atoms with Gasteiger partial charge in [0.2, 0.25) is 0 Å². The van der Waals surface area contributed by atoms with Gasteiger partial charge in [-0.05, 0) is 37.6 Å². The van der Waals surface area contributed by atoms with Crippen LogP contribution in [-0.4, -0.2) is 43.2 Å². The molecule has 1 aromatic carbocycles. The van der Waals surface area contributed by atoms with Crippen LogP contribution in [0.2, 0.25) is 0 Å².